The Morgan fingerprint density at radius 2 is 1.72 bits per heavy atom. The summed E-state index contributed by atoms with van der Waals surface area (Å²) >= 11 is 3.46. The van der Waals surface area contributed by atoms with Gasteiger partial charge in [0, 0.05) is 17.1 Å². The molecule has 1 atom stereocenters. The van der Waals surface area contributed by atoms with Gasteiger partial charge in [0.25, 0.3) is 0 Å². The Kier molecular flexibility index (Phi) is 4.56. The van der Waals surface area contributed by atoms with Crippen LogP contribution in [0.2, 0.25) is 0 Å². The molecule has 2 heteroatoms. The predicted octanol–water partition coefficient (Wildman–Crippen LogP) is 4.61. The Labute approximate surface area is 117 Å². The molecular formula is C16H18BrN. The number of nitrogens with one attached hydrogen (secondary N) is 1. The maximum absolute atomic E-state index is 3.56. The average molecular weight is 304 g/mol. The summed E-state index contributed by atoms with van der Waals surface area (Å²) in [5, 5.41) is 3.56. The minimum atomic E-state index is 0.359. The van der Waals surface area contributed by atoms with Crippen molar-refractivity contribution in [2.75, 3.05) is 0 Å². The van der Waals surface area contributed by atoms with Gasteiger partial charge in [-0.15, -0.1) is 0 Å². The Bertz CT molecular complexity index is 505. The third-order valence-electron chi connectivity index (χ3n) is 3.23. The maximum Gasteiger partial charge on any atom is 0.0294 e. The minimum Gasteiger partial charge on any atom is -0.306 e. The maximum atomic E-state index is 3.56. The number of benzene rings is 2. The lowest BCUT2D eigenvalue weighted by Crippen LogP contribution is -2.18. The van der Waals surface area contributed by atoms with Gasteiger partial charge in [0.15, 0.2) is 0 Å². The topological polar surface area (TPSA) is 12.0 Å². The van der Waals surface area contributed by atoms with Gasteiger partial charge in [-0.3, -0.25) is 0 Å². The van der Waals surface area contributed by atoms with Crippen LogP contribution in [0.3, 0.4) is 0 Å². The molecule has 0 aliphatic heterocycles. The second-order valence-electron chi connectivity index (χ2n) is 4.58. The fraction of sp³-hybridized carbons (Fsp3) is 0.250. The van der Waals surface area contributed by atoms with E-state index in [0.717, 1.165) is 11.0 Å². The van der Waals surface area contributed by atoms with Gasteiger partial charge in [0.2, 0.25) is 0 Å². The number of aryl methyl sites for hydroxylation is 1. The Balaban J connectivity index is 1.98. The van der Waals surface area contributed by atoms with E-state index in [0.29, 0.717) is 6.04 Å². The Morgan fingerprint density at radius 1 is 1.06 bits per heavy atom. The lowest BCUT2D eigenvalue weighted by Gasteiger charge is -2.15. The molecular weight excluding hydrogens is 286 g/mol. The normalized spacial score (nSPS) is 12.4. The van der Waals surface area contributed by atoms with Crippen LogP contribution in [0.5, 0.6) is 0 Å². The number of hydrogen-bond acceptors (Lipinski definition) is 1. The molecule has 94 valence electrons. The first-order chi connectivity index (χ1) is 8.66. The van der Waals surface area contributed by atoms with Crippen molar-refractivity contribution >= 4 is 15.9 Å². The molecule has 0 aliphatic carbocycles. The zero-order chi connectivity index (χ0) is 13.0. The molecule has 1 nitrogen and oxygen atoms in total. The molecule has 1 N–H and O–H groups in total. The van der Waals surface area contributed by atoms with Gasteiger partial charge in [-0.05, 0) is 42.7 Å². The van der Waals surface area contributed by atoms with E-state index in [4.69, 9.17) is 0 Å². The van der Waals surface area contributed by atoms with Gasteiger partial charge < -0.3 is 5.32 Å². The van der Waals surface area contributed by atoms with Crippen molar-refractivity contribution in [2.45, 2.75) is 26.4 Å². The monoisotopic (exact) mass is 303 g/mol. The number of halogens is 1. The standard InChI is InChI=1S/C16H18BrN/c1-12-5-3-4-6-15(12)11-18-13(2)14-7-9-16(17)10-8-14/h3-10,13,18H,11H2,1-2H3/t13-/m1/s1. The van der Waals surface area contributed by atoms with Crippen molar-refractivity contribution in [3.63, 3.8) is 0 Å². The molecule has 0 fully saturated rings. The molecule has 0 heterocycles. The van der Waals surface area contributed by atoms with Crippen LogP contribution in [-0.2, 0) is 6.54 Å². The molecule has 2 aromatic carbocycles. The van der Waals surface area contributed by atoms with Crippen LogP contribution in [0.25, 0.3) is 0 Å². The van der Waals surface area contributed by atoms with E-state index in [9.17, 15) is 0 Å². The molecule has 0 amide bonds. The van der Waals surface area contributed by atoms with E-state index >= 15 is 0 Å². The molecule has 0 saturated heterocycles. The third-order valence-corrected chi connectivity index (χ3v) is 3.76. The van der Waals surface area contributed by atoms with Gasteiger partial charge in [-0.25, -0.2) is 0 Å². The molecule has 0 radical (unpaired) electrons. The first kappa shape index (κ1) is 13.3. The van der Waals surface area contributed by atoms with Crippen molar-refractivity contribution in [1.82, 2.24) is 5.32 Å². The van der Waals surface area contributed by atoms with Crippen LogP contribution in [-0.4, -0.2) is 0 Å². The fourth-order valence-corrected chi connectivity index (χ4v) is 2.21. The first-order valence-electron chi connectivity index (χ1n) is 6.20. The van der Waals surface area contributed by atoms with E-state index in [2.05, 4.69) is 83.6 Å². The molecule has 18 heavy (non-hydrogen) atoms. The molecule has 2 aromatic rings. The van der Waals surface area contributed by atoms with E-state index < -0.39 is 0 Å². The lowest BCUT2D eigenvalue weighted by molar-refractivity contribution is 0.573. The highest BCUT2D eigenvalue weighted by molar-refractivity contribution is 9.10. The fourth-order valence-electron chi connectivity index (χ4n) is 1.94. The molecule has 0 aliphatic rings. The molecule has 0 spiro atoms. The van der Waals surface area contributed by atoms with E-state index in [1.807, 2.05) is 0 Å². The van der Waals surface area contributed by atoms with E-state index in [-0.39, 0.29) is 0 Å². The van der Waals surface area contributed by atoms with Crippen LogP contribution in [0.15, 0.2) is 53.0 Å². The molecule has 2 rings (SSSR count). The van der Waals surface area contributed by atoms with Gasteiger partial charge in [-0.2, -0.15) is 0 Å². The lowest BCUT2D eigenvalue weighted by atomic mass is 10.1. The summed E-state index contributed by atoms with van der Waals surface area (Å²) in [7, 11) is 0. The van der Waals surface area contributed by atoms with Crippen molar-refractivity contribution < 1.29 is 0 Å². The van der Waals surface area contributed by atoms with Gasteiger partial charge in [0.1, 0.15) is 0 Å². The van der Waals surface area contributed by atoms with Crippen LogP contribution >= 0.6 is 15.9 Å². The van der Waals surface area contributed by atoms with Crippen molar-refractivity contribution in [1.29, 1.82) is 0 Å². The highest BCUT2D eigenvalue weighted by atomic mass is 79.9. The molecule has 0 unspecified atom stereocenters. The zero-order valence-electron chi connectivity index (χ0n) is 10.8. The summed E-state index contributed by atoms with van der Waals surface area (Å²) in [5.74, 6) is 0. The predicted molar refractivity (Wildman–Crippen MR) is 80.6 cm³/mol. The van der Waals surface area contributed by atoms with Crippen LogP contribution in [0, 0.1) is 6.92 Å². The highest BCUT2D eigenvalue weighted by Gasteiger charge is 2.05. The summed E-state index contributed by atoms with van der Waals surface area (Å²) in [6, 6.07) is 17.3. The minimum absolute atomic E-state index is 0.359. The Morgan fingerprint density at radius 3 is 2.39 bits per heavy atom. The number of hydrogen-bond donors (Lipinski definition) is 1. The number of rotatable bonds is 4. The van der Waals surface area contributed by atoms with Gasteiger partial charge in [-0.1, -0.05) is 52.3 Å². The van der Waals surface area contributed by atoms with E-state index in [1.54, 1.807) is 0 Å². The zero-order valence-corrected chi connectivity index (χ0v) is 12.4. The molecule has 0 aromatic heterocycles. The van der Waals surface area contributed by atoms with Crippen LogP contribution < -0.4 is 5.32 Å². The summed E-state index contributed by atoms with van der Waals surface area (Å²) in [4.78, 5) is 0. The van der Waals surface area contributed by atoms with Crippen LogP contribution in [0.1, 0.15) is 29.7 Å². The summed E-state index contributed by atoms with van der Waals surface area (Å²) in [5.41, 5.74) is 4.02. The van der Waals surface area contributed by atoms with Gasteiger partial charge in [0.05, 0.1) is 0 Å². The van der Waals surface area contributed by atoms with E-state index in [1.165, 1.54) is 16.7 Å². The summed E-state index contributed by atoms with van der Waals surface area (Å²) in [6.45, 7) is 5.26. The molecule has 0 saturated carbocycles. The smallest absolute Gasteiger partial charge is 0.0294 e. The van der Waals surface area contributed by atoms with Crippen LogP contribution in [0.4, 0.5) is 0 Å². The Hall–Kier alpha value is -1.12. The summed E-state index contributed by atoms with van der Waals surface area (Å²) in [6.07, 6.45) is 0. The highest BCUT2D eigenvalue weighted by Crippen LogP contribution is 2.17. The summed E-state index contributed by atoms with van der Waals surface area (Å²) < 4.78 is 1.12. The largest absolute Gasteiger partial charge is 0.306 e. The van der Waals surface area contributed by atoms with Crippen molar-refractivity contribution in [3.8, 4) is 0 Å². The second kappa shape index (κ2) is 6.17. The SMILES string of the molecule is Cc1ccccc1CN[C@H](C)c1ccc(Br)cc1. The second-order valence-corrected chi connectivity index (χ2v) is 5.50. The van der Waals surface area contributed by atoms with Crippen molar-refractivity contribution in [3.05, 3.63) is 69.7 Å². The average Bonchev–Trinajstić information content (AvgIpc) is 2.38. The van der Waals surface area contributed by atoms with Crippen molar-refractivity contribution in [2.24, 2.45) is 0 Å². The first-order valence-corrected chi connectivity index (χ1v) is 6.99. The third kappa shape index (κ3) is 3.44. The van der Waals surface area contributed by atoms with Gasteiger partial charge >= 0.3 is 0 Å². The molecule has 0 bridgehead atoms. The quantitative estimate of drug-likeness (QED) is 0.870.